The minimum absolute atomic E-state index is 0.224. The number of rotatable bonds is 2. The summed E-state index contributed by atoms with van der Waals surface area (Å²) in [7, 11) is 1.31. The lowest BCUT2D eigenvalue weighted by Gasteiger charge is -2.41. The van der Waals surface area contributed by atoms with Gasteiger partial charge in [-0.1, -0.05) is 36.4 Å². The molecule has 0 unspecified atom stereocenters. The van der Waals surface area contributed by atoms with Crippen LogP contribution < -0.4 is 0 Å². The maximum absolute atomic E-state index is 13.9. The van der Waals surface area contributed by atoms with E-state index in [1.165, 1.54) is 7.11 Å². The second-order valence-corrected chi connectivity index (χ2v) is 8.18. The summed E-state index contributed by atoms with van der Waals surface area (Å²) >= 11 is 0. The summed E-state index contributed by atoms with van der Waals surface area (Å²) in [6.07, 6.45) is 2.21. The number of carbonyl (C=O) groups is 4. The van der Waals surface area contributed by atoms with Crippen molar-refractivity contribution in [2.45, 2.75) is 43.8 Å². The van der Waals surface area contributed by atoms with Crippen molar-refractivity contribution in [3.63, 3.8) is 0 Å². The average molecular weight is 418 g/mol. The molecule has 3 heterocycles. The fraction of sp³-hybridized carbons (Fsp3) is 0.333. The number of piperidine rings is 1. The van der Waals surface area contributed by atoms with Gasteiger partial charge < -0.3 is 9.64 Å². The van der Waals surface area contributed by atoms with Crippen LogP contribution in [0.4, 0.5) is 0 Å². The highest BCUT2D eigenvalue weighted by Crippen LogP contribution is 2.41. The number of nitrogens with zero attached hydrogens (tertiary/aromatic N) is 2. The molecule has 158 valence electrons. The smallest absolute Gasteiger partial charge is 0.328 e. The molecule has 5 rings (SSSR count). The molecule has 3 amide bonds. The van der Waals surface area contributed by atoms with Crippen LogP contribution in [0.2, 0.25) is 0 Å². The Morgan fingerprint density at radius 2 is 1.55 bits per heavy atom. The molecule has 3 atom stereocenters. The summed E-state index contributed by atoms with van der Waals surface area (Å²) in [5.74, 6) is -1.80. The molecule has 0 spiro atoms. The van der Waals surface area contributed by atoms with Gasteiger partial charge in [-0.2, -0.15) is 0 Å². The molecule has 3 aliphatic heterocycles. The van der Waals surface area contributed by atoms with Gasteiger partial charge in [0.25, 0.3) is 11.8 Å². The van der Waals surface area contributed by atoms with Gasteiger partial charge in [-0.3, -0.25) is 19.3 Å². The number of hydrogen-bond donors (Lipinski definition) is 0. The molecule has 0 saturated carbocycles. The van der Waals surface area contributed by atoms with Crippen molar-refractivity contribution in [1.82, 2.24) is 9.80 Å². The van der Waals surface area contributed by atoms with Gasteiger partial charge in [-0.05, 0) is 42.5 Å². The van der Waals surface area contributed by atoms with Crippen LogP contribution in [0.3, 0.4) is 0 Å². The van der Waals surface area contributed by atoms with Crippen molar-refractivity contribution in [3.8, 4) is 0 Å². The molecule has 0 bridgehead atoms. The molecule has 7 heteroatoms. The molecular weight excluding hydrogens is 396 g/mol. The van der Waals surface area contributed by atoms with Crippen molar-refractivity contribution in [1.29, 1.82) is 0 Å². The number of amides is 3. The average Bonchev–Trinajstić information content (AvgIpc) is 2.98. The van der Waals surface area contributed by atoms with E-state index in [4.69, 9.17) is 4.74 Å². The van der Waals surface area contributed by atoms with Crippen LogP contribution in [0, 0.1) is 0 Å². The number of imide groups is 1. The van der Waals surface area contributed by atoms with Gasteiger partial charge in [0.15, 0.2) is 0 Å². The standard InChI is InChI=1S/C24H22N2O5/c1-31-24(30)19-12-6-11-18-15-8-3-2-7-14(15)13-20(23(29)25(18)19)26-21(27)16-9-4-5-10-17(16)22(26)28/h2-5,7-10,18-20H,6,11-13H2,1H3/t18-,19+,20+/m1/s1. The summed E-state index contributed by atoms with van der Waals surface area (Å²) in [5, 5.41) is 0. The van der Waals surface area contributed by atoms with Crippen LogP contribution in [0.5, 0.6) is 0 Å². The molecule has 31 heavy (non-hydrogen) atoms. The highest BCUT2D eigenvalue weighted by atomic mass is 16.5. The normalized spacial score (nSPS) is 24.9. The van der Waals surface area contributed by atoms with Crippen LogP contribution in [-0.4, -0.2) is 52.7 Å². The van der Waals surface area contributed by atoms with Crippen LogP contribution in [-0.2, 0) is 20.7 Å². The Morgan fingerprint density at radius 1 is 0.903 bits per heavy atom. The topological polar surface area (TPSA) is 84.0 Å². The van der Waals surface area contributed by atoms with Crippen molar-refractivity contribution >= 4 is 23.7 Å². The van der Waals surface area contributed by atoms with Gasteiger partial charge in [0.05, 0.1) is 24.3 Å². The van der Waals surface area contributed by atoms with E-state index in [2.05, 4.69) is 0 Å². The van der Waals surface area contributed by atoms with Crippen molar-refractivity contribution < 1.29 is 23.9 Å². The largest absolute Gasteiger partial charge is 0.467 e. The first-order valence-corrected chi connectivity index (χ1v) is 10.5. The van der Waals surface area contributed by atoms with Gasteiger partial charge in [0.1, 0.15) is 12.1 Å². The summed E-state index contributed by atoms with van der Waals surface area (Å²) in [4.78, 5) is 55.4. The molecular formula is C24H22N2O5. The molecule has 1 fully saturated rings. The van der Waals surface area contributed by atoms with Crippen LogP contribution >= 0.6 is 0 Å². The molecule has 3 aliphatic rings. The quantitative estimate of drug-likeness (QED) is 0.553. The summed E-state index contributed by atoms with van der Waals surface area (Å²) in [5.41, 5.74) is 2.48. The second kappa shape index (κ2) is 7.34. The lowest BCUT2D eigenvalue weighted by Crippen LogP contribution is -2.57. The molecule has 0 aromatic heterocycles. The van der Waals surface area contributed by atoms with E-state index in [0.717, 1.165) is 22.4 Å². The number of ether oxygens (including phenoxy) is 1. The van der Waals surface area contributed by atoms with E-state index in [1.807, 2.05) is 24.3 Å². The van der Waals surface area contributed by atoms with E-state index < -0.39 is 29.9 Å². The van der Waals surface area contributed by atoms with E-state index in [9.17, 15) is 19.2 Å². The lowest BCUT2D eigenvalue weighted by molar-refractivity contribution is -0.159. The lowest BCUT2D eigenvalue weighted by atomic mass is 9.89. The predicted octanol–water partition coefficient (Wildman–Crippen LogP) is 2.50. The Morgan fingerprint density at radius 3 is 2.23 bits per heavy atom. The van der Waals surface area contributed by atoms with Gasteiger partial charge in [-0.25, -0.2) is 4.79 Å². The maximum Gasteiger partial charge on any atom is 0.328 e. The Labute approximate surface area is 179 Å². The van der Waals surface area contributed by atoms with E-state index in [0.29, 0.717) is 24.0 Å². The van der Waals surface area contributed by atoms with E-state index in [1.54, 1.807) is 29.2 Å². The van der Waals surface area contributed by atoms with Gasteiger partial charge in [0.2, 0.25) is 5.91 Å². The minimum Gasteiger partial charge on any atom is -0.467 e. The number of benzene rings is 2. The Kier molecular flexibility index (Phi) is 4.61. The third-order valence-corrected chi connectivity index (χ3v) is 6.60. The highest BCUT2D eigenvalue weighted by Gasteiger charge is 2.50. The van der Waals surface area contributed by atoms with Crippen LogP contribution in [0.15, 0.2) is 48.5 Å². The van der Waals surface area contributed by atoms with Crippen molar-refractivity contribution in [2.75, 3.05) is 7.11 Å². The molecule has 2 aromatic rings. The number of fused-ring (bicyclic) bond motifs is 4. The summed E-state index contributed by atoms with van der Waals surface area (Å²) in [6.45, 7) is 0. The van der Waals surface area contributed by atoms with Gasteiger partial charge >= 0.3 is 5.97 Å². The summed E-state index contributed by atoms with van der Waals surface area (Å²) in [6, 6.07) is 12.3. The van der Waals surface area contributed by atoms with Gasteiger partial charge in [0, 0.05) is 6.42 Å². The zero-order chi connectivity index (χ0) is 21.7. The second-order valence-electron chi connectivity index (χ2n) is 8.18. The molecule has 0 radical (unpaired) electrons. The van der Waals surface area contributed by atoms with E-state index in [-0.39, 0.29) is 18.4 Å². The first kappa shape index (κ1) is 19.5. The maximum atomic E-state index is 13.9. The number of methoxy groups -OCH3 is 1. The monoisotopic (exact) mass is 418 g/mol. The van der Waals surface area contributed by atoms with Crippen LogP contribution in [0.25, 0.3) is 0 Å². The minimum atomic E-state index is -1.01. The van der Waals surface area contributed by atoms with Crippen molar-refractivity contribution in [2.24, 2.45) is 0 Å². The van der Waals surface area contributed by atoms with E-state index >= 15 is 0 Å². The highest BCUT2D eigenvalue weighted by molar-refractivity contribution is 6.23. The molecule has 7 nitrogen and oxygen atoms in total. The predicted molar refractivity (Wildman–Crippen MR) is 110 cm³/mol. The first-order chi connectivity index (χ1) is 15.0. The third kappa shape index (κ3) is 2.87. The third-order valence-electron chi connectivity index (χ3n) is 6.60. The molecule has 0 N–H and O–H groups in total. The zero-order valence-corrected chi connectivity index (χ0v) is 17.1. The Bertz CT molecular complexity index is 1080. The fourth-order valence-corrected chi connectivity index (χ4v) is 5.19. The Balaban J connectivity index is 1.63. The number of esters is 1. The molecule has 1 saturated heterocycles. The Hall–Kier alpha value is -3.48. The number of carbonyl (C=O) groups excluding carboxylic acids is 4. The fourth-order valence-electron chi connectivity index (χ4n) is 5.19. The molecule has 2 aromatic carbocycles. The zero-order valence-electron chi connectivity index (χ0n) is 17.1. The molecule has 0 aliphatic carbocycles. The van der Waals surface area contributed by atoms with Gasteiger partial charge in [-0.15, -0.1) is 0 Å². The first-order valence-electron chi connectivity index (χ1n) is 10.5. The summed E-state index contributed by atoms with van der Waals surface area (Å²) < 4.78 is 4.99. The van der Waals surface area contributed by atoms with Crippen molar-refractivity contribution in [3.05, 3.63) is 70.8 Å². The van der Waals surface area contributed by atoms with Crippen LogP contribution in [0.1, 0.15) is 57.1 Å². The SMILES string of the molecule is COC(=O)[C@@H]1CCC[C@@H]2c3ccccc3C[C@H](N3C(=O)c4ccccc4C3=O)C(=O)N21. The number of hydrogen-bond acceptors (Lipinski definition) is 5.